The molecule has 5 heteroatoms. The highest BCUT2D eigenvalue weighted by Crippen LogP contribution is 2.47. The summed E-state index contributed by atoms with van der Waals surface area (Å²) < 4.78 is 11.9. The van der Waals surface area contributed by atoms with Crippen LogP contribution >= 0.6 is 0 Å². The summed E-state index contributed by atoms with van der Waals surface area (Å²) in [6, 6.07) is 75.8. The molecule has 3 aromatic heterocycles. The second kappa shape index (κ2) is 18.0. The lowest BCUT2D eigenvalue weighted by Crippen LogP contribution is -2.17. The summed E-state index contributed by atoms with van der Waals surface area (Å²) in [6.07, 6.45) is 1.94. The van der Waals surface area contributed by atoms with Crippen LogP contribution in [0, 0.1) is 0 Å². The SMILES string of the molecule is CC(C)(C)c1cc(-c2cccc3c4ccccc4c4ccccc4c4cccc5c4n(c23)CN5c2cccc(Oc3ccc4c5c(-c6ccccc6)cccc5n(-c5cc(C(C)(C)C)ccn5)c4c3)c2)cc(C(C)(C)C)c1. The standard InChI is InChI=1S/C72H64N4O/c1-70(2,3)48-37-38-73-66(42-48)76-63-33-19-29-54(46-21-11-10-12-22-46)67(63)62-36-35-53(44-65(62)76)77-52-24-17-23-51(43-52)74-45-75-68-55(47-39-49(71(4,5)6)41-50(40-47)72(7,8)9)30-18-31-60(68)58-27-15-13-25-56(58)57-26-14-16-28-59(57)61-32-20-34-64(74)69(61)75/h10-44H,45H2,1-9H3. The van der Waals surface area contributed by atoms with Gasteiger partial charge in [-0.25, -0.2) is 4.98 Å². The topological polar surface area (TPSA) is 35.2 Å². The summed E-state index contributed by atoms with van der Waals surface area (Å²) in [7, 11) is 0. The van der Waals surface area contributed by atoms with Crippen molar-refractivity contribution in [3.05, 3.63) is 229 Å². The molecule has 0 atom stereocenters. The number of para-hydroxylation sites is 2. The molecule has 0 N–H and O–H groups in total. The molecule has 378 valence electrons. The number of ether oxygens (including phenoxy) is 1. The third kappa shape index (κ3) is 8.28. The Labute approximate surface area is 452 Å². The minimum atomic E-state index is -0.0509. The molecule has 0 unspecified atom stereocenters. The largest absolute Gasteiger partial charge is 0.457 e. The van der Waals surface area contributed by atoms with Crippen molar-refractivity contribution in [1.82, 2.24) is 14.1 Å². The smallest absolute Gasteiger partial charge is 0.137 e. The van der Waals surface area contributed by atoms with Gasteiger partial charge in [0.25, 0.3) is 0 Å². The highest BCUT2D eigenvalue weighted by molar-refractivity contribution is 6.22. The Bertz CT molecular complexity index is 4370. The van der Waals surface area contributed by atoms with Crippen molar-refractivity contribution in [2.45, 2.75) is 85.2 Å². The lowest BCUT2D eigenvalue weighted by atomic mass is 9.78. The van der Waals surface area contributed by atoms with Gasteiger partial charge in [-0.05, 0) is 120 Å². The number of hydrogen-bond donors (Lipinski definition) is 0. The van der Waals surface area contributed by atoms with Crippen LogP contribution < -0.4 is 9.64 Å². The minimum absolute atomic E-state index is 0.0480. The van der Waals surface area contributed by atoms with Gasteiger partial charge >= 0.3 is 0 Å². The molecule has 0 aliphatic carbocycles. The van der Waals surface area contributed by atoms with E-state index in [9.17, 15) is 0 Å². The summed E-state index contributed by atoms with van der Waals surface area (Å²) in [5, 5.41) is 9.61. The van der Waals surface area contributed by atoms with Crippen LogP contribution in [0.3, 0.4) is 0 Å². The van der Waals surface area contributed by atoms with Crippen LogP contribution in [0.4, 0.5) is 11.4 Å². The number of rotatable bonds is 6. The Hall–Kier alpha value is -8.67. The fraction of sp³-hybridized carbons (Fsp3) is 0.181. The molecular weight excluding hydrogens is 937 g/mol. The van der Waals surface area contributed by atoms with Crippen LogP contribution in [0.2, 0.25) is 0 Å². The third-order valence-electron chi connectivity index (χ3n) is 15.9. The lowest BCUT2D eigenvalue weighted by Gasteiger charge is -2.27. The first-order valence-corrected chi connectivity index (χ1v) is 27.1. The van der Waals surface area contributed by atoms with Crippen LogP contribution in [0.25, 0.3) is 93.2 Å². The van der Waals surface area contributed by atoms with Gasteiger partial charge in [0.05, 0.1) is 27.8 Å². The molecule has 4 heterocycles. The van der Waals surface area contributed by atoms with Gasteiger partial charge in [0, 0.05) is 51.1 Å². The van der Waals surface area contributed by atoms with E-state index < -0.39 is 0 Å². The zero-order valence-corrected chi connectivity index (χ0v) is 45.6. The molecule has 13 rings (SSSR count). The van der Waals surface area contributed by atoms with Crippen molar-refractivity contribution < 1.29 is 4.74 Å². The van der Waals surface area contributed by atoms with Gasteiger partial charge in [0.1, 0.15) is 24.0 Å². The maximum Gasteiger partial charge on any atom is 0.137 e. The molecule has 12 aromatic rings. The Morgan fingerprint density at radius 3 is 1.65 bits per heavy atom. The van der Waals surface area contributed by atoms with Crippen LogP contribution in [-0.4, -0.2) is 14.1 Å². The highest BCUT2D eigenvalue weighted by atomic mass is 16.5. The van der Waals surface area contributed by atoms with Gasteiger partial charge in [0.15, 0.2) is 0 Å². The number of benzene rings is 9. The molecule has 0 fully saturated rings. The Morgan fingerprint density at radius 2 is 0.974 bits per heavy atom. The molecule has 0 saturated carbocycles. The van der Waals surface area contributed by atoms with Crippen LogP contribution in [0.5, 0.6) is 11.5 Å². The van der Waals surface area contributed by atoms with Crippen LogP contribution in [0.1, 0.15) is 79.0 Å². The van der Waals surface area contributed by atoms with Crippen molar-refractivity contribution in [1.29, 1.82) is 0 Å². The predicted molar refractivity (Wildman–Crippen MR) is 326 cm³/mol. The monoisotopic (exact) mass is 1000 g/mol. The van der Waals surface area contributed by atoms with E-state index in [-0.39, 0.29) is 16.2 Å². The summed E-state index contributed by atoms with van der Waals surface area (Å²) >= 11 is 0. The van der Waals surface area contributed by atoms with Gasteiger partial charge in [-0.2, -0.15) is 0 Å². The first-order chi connectivity index (χ1) is 37.1. The predicted octanol–water partition coefficient (Wildman–Crippen LogP) is 19.8. The zero-order valence-electron chi connectivity index (χ0n) is 45.6. The number of anilines is 2. The molecule has 0 saturated heterocycles. The van der Waals surface area contributed by atoms with Crippen molar-refractivity contribution in [3.8, 4) is 39.6 Å². The fourth-order valence-corrected chi connectivity index (χ4v) is 11.9. The molecular formula is C72H64N4O. The number of nitrogens with zero attached hydrogens (tertiary/aromatic N) is 4. The molecule has 5 nitrogen and oxygen atoms in total. The average Bonchev–Trinajstić information content (AvgIpc) is 4.12. The normalized spacial score (nSPS) is 12.9. The van der Waals surface area contributed by atoms with Gasteiger partial charge in [-0.1, -0.05) is 208 Å². The third-order valence-corrected chi connectivity index (χ3v) is 15.9. The second-order valence-corrected chi connectivity index (χ2v) is 24.1. The Balaban J connectivity index is 1.00. The maximum atomic E-state index is 7.02. The molecule has 9 aromatic carbocycles. The van der Waals surface area contributed by atoms with E-state index in [4.69, 9.17) is 9.72 Å². The molecule has 0 radical (unpaired) electrons. The Kier molecular flexibility index (Phi) is 11.2. The van der Waals surface area contributed by atoms with Crippen LogP contribution in [-0.2, 0) is 22.9 Å². The van der Waals surface area contributed by atoms with E-state index in [0.717, 1.165) is 45.1 Å². The maximum absolute atomic E-state index is 7.02. The molecule has 1 aliphatic heterocycles. The number of hydrogen-bond acceptors (Lipinski definition) is 3. The van der Waals surface area contributed by atoms with Gasteiger partial charge in [0.2, 0.25) is 0 Å². The molecule has 0 amide bonds. The van der Waals surface area contributed by atoms with Crippen molar-refractivity contribution in [2.24, 2.45) is 0 Å². The van der Waals surface area contributed by atoms with E-state index in [1.54, 1.807) is 0 Å². The Morgan fingerprint density at radius 1 is 0.403 bits per heavy atom. The first kappa shape index (κ1) is 48.0. The van der Waals surface area contributed by atoms with Gasteiger partial charge < -0.3 is 14.2 Å². The molecule has 0 bridgehead atoms. The van der Waals surface area contributed by atoms with Crippen LogP contribution in [0.15, 0.2) is 212 Å². The summed E-state index contributed by atoms with van der Waals surface area (Å²) in [4.78, 5) is 7.49. The quantitative estimate of drug-likeness (QED) is 0.166. The van der Waals surface area contributed by atoms with E-state index >= 15 is 0 Å². The number of fused-ring (bicyclic) bond motifs is 10. The summed E-state index contributed by atoms with van der Waals surface area (Å²) in [6.45, 7) is 21.3. The van der Waals surface area contributed by atoms with Gasteiger partial charge in [-0.15, -0.1) is 0 Å². The van der Waals surface area contributed by atoms with E-state index in [1.807, 2.05) is 6.20 Å². The molecule has 1 aliphatic rings. The minimum Gasteiger partial charge on any atom is -0.457 e. The highest BCUT2D eigenvalue weighted by Gasteiger charge is 2.28. The molecule has 0 spiro atoms. The zero-order chi connectivity index (χ0) is 53.0. The fourth-order valence-electron chi connectivity index (χ4n) is 11.9. The summed E-state index contributed by atoms with van der Waals surface area (Å²) in [5.41, 5.74) is 15.3. The van der Waals surface area contributed by atoms with E-state index in [0.29, 0.717) is 6.67 Å². The van der Waals surface area contributed by atoms with E-state index in [2.05, 4.69) is 283 Å². The number of aromatic nitrogens is 3. The number of pyridine rings is 1. The lowest BCUT2D eigenvalue weighted by molar-refractivity contribution is 0.483. The van der Waals surface area contributed by atoms with Crippen molar-refractivity contribution in [2.75, 3.05) is 4.90 Å². The van der Waals surface area contributed by atoms with Crippen molar-refractivity contribution in [3.63, 3.8) is 0 Å². The average molecular weight is 1000 g/mol. The van der Waals surface area contributed by atoms with E-state index in [1.165, 1.54) is 87.7 Å². The summed E-state index contributed by atoms with van der Waals surface area (Å²) in [5.74, 6) is 2.39. The molecule has 77 heavy (non-hydrogen) atoms. The second-order valence-electron chi connectivity index (χ2n) is 24.1. The van der Waals surface area contributed by atoms with Gasteiger partial charge in [-0.3, -0.25) is 4.57 Å². The van der Waals surface area contributed by atoms with Crippen molar-refractivity contribution >= 4 is 76.5 Å². The first-order valence-electron chi connectivity index (χ1n) is 27.1.